The lowest BCUT2D eigenvalue weighted by atomic mass is 10.2. The number of phenols is 1. The summed E-state index contributed by atoms with van der Waals surface area (Å²) in [5.74, 6) is 0.0116. The van der Waals surface area contributed by atoms with Gasteiger partial charge in [-0.25, -0.2) is 5.43 Å². The number of rotatable bonds is 10. The lowest BCUT2D eigenvalue weighted by molar-refractivity contribution is -0.384. The number of aromatic hydroxyl groups is 1. The number of benzene rings is 3. The first kappa shape index (κ1) is 24.5. The zero-order valence-corrected chi connectivity index (χ0v) is 18.8. The lowest BCUT2D eigenvalue weighted by Crippen LogP contribution is -2.47. The fraction of sp³-hybridized carbons (Fsp3) is 0.125. The Morgan fingerprint density at radius 1 is 1.03 bits per heavy atom. The Bertz CT molecular complexity index is 1150. The molecule has 174 valence electrons. The summed E-state index contributed by atoms with van der Waals surface area (Å²) in [6.07, 6.45) is 1.42. The van der Waals surface area contributed by atoms with Gasteiger partial charge in [0.1, 0.15) is 11.8 Å². The maximum Gasteiger partial charge on any atom is 0.269 e. The molecule has 2 amide bonds. The van der Waals surface area contributed by atoms with E-state index in [1.807, 2.05) is 30.3 Å². The molecule has 1 unspecified atom stereocenters. The van der Waals surface area contributed by atoms with Gasteiger partial charge in [0.15, 0.2) is 0 Å². The van der Waals surface area contributed by atoms with Crippen molar-refractivity contribution in [3.8, 4) is 5.75 Å². The number of nitrogens with zero attached hydrogens (tertiary/aromatic N) is 2. The normalized spacial score (nSPS) is 11.6. The number of carbonyl (C=O) groups is 2. The number of nitrogens with one attached hydrogen (secondary N) is 2. The minimum Gasteiger partial charge on any atom is -0.508 e. The number of non-ortho nitro benzene ring substituents is 1. The van der Waals surface area contributed by atoms with Crippen molar-refractivity contribution in [2.45, 2.75) is 11.8 Å². The number of hydrogen-bond donors (Lipinski definition) is 3. The first-order chi connectivity index (χ1) is 16.4. The minimum atomic E-state index is -0.895. The van der Waals surface area contributed by atoms with Crippen molar-refractivity contribution in [3.05, 3.63) is 106 Å². The van der Waals surface area contributed by atoms with E-state index in [-0.39, 0.29) is 22.8 Å². The monoisotopic (exact) mass is 478 g/mol. The van der Waals surface area contributed by atoms with Crippen LogP contribution in [-0.2, 0) is 10.5 Å². The fourth-order valence-electron chi connectivity index (χ4n) is 2.84. The molecular formula is C24H22N4O5S. The third-order valence-corrected chi connectivity index (χ3v) is 5.75. The number of nitro benzene ring substituents is 1. The van der Waals surface area contributed by atoms with Gasteiger partial charge >= 0.3 is 0 Å². The quantitative estimate of drug-likeness (QED) is 0.232. The zero-order chi connectivity index (χ0) is 24.3. The molecule has 0 aliphatic heterocycles. The molecule has 0 saturated heterocycles. The van der Waals surface area contributed by atoms with E-state index in [1.54, 1.807) is 12.1 Å². The van der Waals surface area contributed by atoms with E-state index in [0.29, 0.717) is 11.3 Å². The highest BCUT2D eigenvalue weighted by Gasteiger charge is 2.22. The molecule has 34 heavy (non-hydrogen) atoms. The number of phenolic OH excluding ortho intramolecular Hbond substituents is 1. The Kier molecular flexibility index (Phi) is 8.75. The summed E-state index contributed by atoms with van der Waals surface area (Å²) in [5, 5.41) is 26.8. The van der Waals surface area contributed by atoms with E-state index in [1.165, 1.54) is 54.4 Å². The number of hydrazone groups is 1. The van der Waals surface area contributed by atoms with Gasteiger partial charge in [-0.15, -0.1) is 0 Å². The van der Waals surface area contributed by atoms with Crippen LogP contribution in [0, 0.1) is 10.1 Å². The Labute approximate surface area is 200 Å². The van der Waals surface area contributed by atoms with Gasteiger partial charge in [-0.1, -0.05) is 30.3 Å². The first-order valence-electron chi connectivity index (χ1n) is 10.2. The minimum absolute atomic E-state index is 0.116. The molecule has 1 atom stereocenters. The third-order valence-electron chi connectivity index (χ3n) is 4.64. The van der Waals surface area contributed by atoms with Crippen LogP contribution >= 0.6 is 11.8 Å². The molecule has 0 bridgehead atoms. The standard InChI is InChI=1S/C24H22N4O5S/c29-21-12-6-17(7-13-21)14-25-27-24(31)22(16-34-15-18-4-2-1-3-5-18)26-23(30)19-8-10-20(11-9-19)28(32)33/h1-14,22,29H,15-16H2,(H,26,30)(H,27,31). The SMILES string of the molecule is O=C(NC(CSCc1ccccc1)C(=O)NN=Cc1ccc(O)cc1)c1ccc([N+](=O)[O-])cc1. The van der Waals surface area contributed by atoms with Crippen molar-refractivity contribution in [1.29, 1.82) is 0 Å². The van der Waals surface area contributed by atoms with Crippen molar-refractivity contribution in [2.75, 3.05) is 5.75 Å². The molecule has 0 spiro atoms. The molecule has 0 aliphatic carbocycles. The molecule has 0 fully saturated rings. The van der Waals surface area contributed by atoms with Crippen LogP contribution in [0.4, 0.5) is 5.69 Å². The van der Waals surface area contributed by atoms with Gasteiger partial charge < -0.3 is 10.4 Å². The summed E-state index contributed by atoms with van der Waals surface area (Å²) in [6, 6.07) is 20.2. The van der Waals surface area contributed by atoms with Gasteiger partial charge in [0, 0.05) is 29.2 Å². The van der Waals surface area contributed by atoms with Gasteiger partial charge in [0.2, 0.25) is 0 Å². The maximum atomic E-state index is 12.8. The summed E-state index contributed by atoms with van der Waals surface area (Å²) in [7, 11) is 0. The Balaban J connectivity index is 1.65. The second kappa shape index (κ2) is 12.2. The maximum absolute atomic E-state index is 12.8. The summed E-state index contributed by atoms with van der Waals surface area (Å²) in [4.78, 5) is 35.7. The van der Waals surface area contributed by atoms with E-state index in [9.17, 15) is 24.8 Å². The highest BCUT2D eigenvalue weighted by Crippen LogP contribution is 2.15. The van der Waals surface area contributed by atoms with Gasteiger partial charge in [-0.2, -0.15) is 16.9 Å². The van der Waals surface area contributed by atoms with Gasteiger partial charge in [-0.3, -0.25) is 19.7 Å². The number of hydrogen-bond acceptors (Lipinski definition) is 7. The van der Waals surface area contributed by atoms with E-state index < -0.39 is 22.8 Å². The molecule has 3 rings (SSSR count). The molecule has 0 aromatic heterocycles. The molecular weight excluding hydrogens is 456 g/mol. The second-order valence-electron chi connectivity index (χ2n) is 7.16. The number of thioether (sulfide) groups is 1. The largest absolute Gasteiger partial charge is 0.508 e. The molecule has 9 nitrogen and oxygen atoms in total. The van der Waals surface area contributed by atoms with E-state index in [0.717, 1.165) is 5.56 Å². The average Bonchev–Trinajstić information content (AvgIpc) is 2.85. The van der Waals surface area contributed by atoms with Crippen molar-refractivity contribution < 1.29 is 19.6 Å². The molecule has 3 aromatic carbocycles. The van der Waals surface area contributed by atoms with Crippen molar-refractivity contribution >= 4 is 35.5 Å². The van der Waals surface area contributed by atoms with Gasteiger partial charge in [0.05, 0.1) is 11.1 Å². The number of amides is 2. The van der Waals surface area contributed by atoms with Gasteiger partial charge in [-0.05, 0) is 47.5 Å². The molecule has 3 aromatic rings. The van der Waals surface area contributed by atoms with E-state index in [4.69, 9.17) is 0 Å². The highest BCUT2D eigenvalue weighted by atomic mass is 32.2. The molecule has 0 radical (unpaired) electrons. The highest BCUT2D eigenvalue weighted by molar-refractivity contribution is 7.98. The molecule has 0 saturated carbocycles. The van der Waals surface area contributed by atoms with Crippen LogP contribution in [0.3, 0.4) is 0 Å². The van der Waals surface area contributed by atoms with Crippen molar-refractivity contribution in [2.24, 2.45) is 5.10 Å². The Morgan fingerprint density at radius 3 is 2.35 bits per heavy atom. The topological polar surface area (TPSA) is 134 Å². The van der Waals surface area contributed by atoms with Crippen LogP contribution < -0.4 is 10.7 Å². The van der Waals surface area contributed by atoms with Crippen molar-refractivity contribution in [3.63, 3.8) is 0 Å². The summed E-state index contributed by atoms with van der Waals surface area (Å²) in [5.41, 5.74) is 4.24. The molecule has 0 aliphatic rings. The zero-order valence-electron chi connectivity index (χ0n) is 18.0. The number of nitro groups is 1. The predicted molar refractivity (Wildman–Crippen MR) is 131 cm³/mol. The van der Waals surface area contributed by atoms with Crippen LogP contribution in [0.25, 0.3) is 0 Å². The Morgan fingerprint density at radius 2 is 1.71 bits per heavy atom. The second-order valence-corrected chi connectivity index (χ2v) is 8.19. The summed E-state index contributed by atoms with van der Waals surface area (Å²) in [6.45, 7) is 0. The van der Waals surface area contributed by atoms with Gasteiger partial charge in [0.25, 0.3) is 17.5 Å². The van der Waals surface area contributed by atoms with E-state index in [2.05, 4.69) is 15.8 Å². The van der Waals surface area contributed by atoms with Crippen LogP contribution in [0.1, 0.15) is 21.5 Å². The molecule has 0 heterocycles. The number of carbonyl (C=O) groups excluding carboxylic acids is 2. The summed E-state index contributed by atoms with van der Waals surface area (Å²) >= 11 is 1.47. The van der Waals surface area contributed by atoms with Crippen LogP contribution in [0.15, 0.2) is 84.0 Å². The van der Waals surface area contributed by atoms with Crippen LogP contribution in [0.2, 0.25) is 0 Å². The average molecular weight is 479 g/mol. The van der Waals surface area contributed by atoms with E-state index >= 15 is 0 Å². The van der Waals surface area contributed by atoms with Crippen molar-refractivity contribution in [1.82, 2.24) is 10.7 Å². The third kappa shape index (κ3) is 7.45. The van der Waals surface area contributed by atoms with Crippen LogP contribution in [-0.4, -0.2) is 39.9 Å². The molecule has 3 N–H and O–H groups in total. The lowest BCUT2D eigenvalue weighted by Gasteiger charge is -2.17. The molecule has 10 heteroatoms. The Hall–Kier alpha value is -4.18. The first-order valence-corrected chi connectivity index (χ1v) is 11.4. The summed E-state index contributed by atoms with van der Waals surface area (Å²) < 4.78 is 0. The van der Waals surface area contributed by atoms with Crippen LogP contribution in [0.5, 0.6) is 5.75 Å². The predicted octanol–water partition coefficient (Wildman–Crippen LogP) is 3.48. The fourth-order valence-corrected chi connectivity index (χ4v) is 3.85. The smallest absolute Gasteiger partial charge is 0.269 e.